The highest BCUT2D eigenvalue weighted by Crippen LogP contribution is 2.39. The molecule has 4 aromatic rings. The maximum Gasteiger partial charge on any atom is 0.410 e. The number of nitrogens with zero attached hydrogens (tertiary/aromatic N) is 5. The summed E-state index contributed by atoms with van der Waals surface area (Å²) in [6.07, 6.45) is 3.60. The van der Waals surface area contributed by atoms with Crippen molar-refractivity contribution in [3.8, 4) is 11.3 Å². The number of benzene rings is 3. The zero-order valence-corrected chi connectivity index (χ0v) is 46.8. The van der Waals surface area contributed by atoms with Crippen molar-refractivity contribution < 1.29 is 66.8 Å². The van der Waals surface area contributed by atoms with Crippen molar-refractivity contribution in [2.24, 2.45) is 23.5 Å². The SMILES string of the molecule is CC(O)C(=O)N(C[C@@H]1CN(C(=O)OCc2ccc(NC(=O)C(CCCNC(N)=O)NC(=O)C(NC(=O)CCCCCN3C(=O)C=CC3=O)C(C)C)cc2)C[C@H]1O)[C@@H](c1nc(-c2cc(F)ccc2F)cn1Cc1ccccc1)C1CCOCC1. The van der Waals surface area contributed by atoms with Gasteiger partial charge in [0.05, 0.1) is 24.4 Å². The van der Waals surface area contributed by atoms with Crippen LogP contribution in [0.3, 0.4) is 0 Å². The Bertz CT molecular complexity index is 2940. The Morgan fingerprint density at radius 2 is 1.58 bits per heavy atom. The third kappa shape index (κ3) is 17.5. The highest BCUT2D eigenvalue weighted by atomic mass is 19.1. The summed E-state index contributed by atoms with van der Waals surface area (Å²) < 4.78 is 43.2. The summed E-state index contributed by atoms with van der Waals surface area (Å²) in [5.41, 5.74) is 7.03. The fraction of sp³-hybridized carbons (Fsp3) is 0.475. The van der Waals surface area contributed by atoms with E-state index in [2.05, 4.69) is 21.3 Å². The molecule has 8 N–H and O–H groups in total. The van der Waals surface area contributed by atoms with Crippen LogP contribution in [0.2, 0.25) is 0 Å². The normalized spacial score (nSPS) is 17.7. The molecule has 0 aliphatic carbocycles. The molecule has 3 unspecified atom stereocenters. The molecule has 7 rings (SSSR count). The second-order valence-corrected chi connectivity index (χ2v) is 21.5. The van der Waals surface area contributed by atoms with Gasteiger partial charge in [-0.15, -0.1) is 0 Å². The van der Waals surface area contributed by atoms with E-state index in [1.54, 1.807) is 48.9 Å². The Hall–Kier alpha value is -8.09. The van der Waals surface area contributed by atoms with Crippen molar-refractivity contribution in [3.63, 3.8) is 0 Å². The van der Waals surface area contributed by atoms with Gasteiger partial charge in [0.2, 0.25) is 17.7 Å². The van der Waals surface area contributed by atoms with E-state index < -0.39 is 83.6 Å². The minimum atomic E-state index is -1.49. The number of anilines is 1. The standard InChI is InChI=1S/C59H74F2N10O12/c1-36(2)52(67-49(74)14-8-5-9-26-70-50(75)21-22-51(70)76)56(78)66-46(13-10-25-63-58(62)80)55(77)64-43-18-15-39(16-19-43)35-83-59(81)69-31-41(48(73)34-69)32-71(57(79)37(3)72)53(40-23-27-82-28-24-40)54-65-47(44-29-42(60)17-20-45(44)61)33-68(54)30-38-11-6-4-7-12-38/h4,6-7,11-12,15-22,29,33,36-37,40-41,46,48,52-53,72-73H,5,8-10,13-14,23-28,30-32,34-35H2,1-3H3,(H,64,77)(H,66,78)(H,67,74)(H3,62,63,80)/t37?,41-,46?,48+,52?,53+/m0/s1. The molecule has 0 bridgehead atoms. The van der Waals surface area contributed by atoms with E-state index in [4.69, 9.17) is 20.2 Å². The smallest absolute Gasteiger partial charge is 0.410 e. The second-order valence-electron chi connectivity index (χ2n) is 21.5. The maximum absolute atomic E-state index is 15.4. The quantitative estimate of drug-likeness (QED) is 0.0316. The number of carbonyl (C=O) groups excluding carboxylic acids is 8. The van der Waals surface area contributed by atoms with E-state index >= 15 is 4.39 Å². The van der Waals surface area contributed by atoms with E-state index in [1.165, 1.54) is 28.9 Å². The molecule has 24 heteroatoms. The third-order valence-electron chi connectivity index (χ3n) is 14.9. The summed E-state index contributed by atoms with van der Waals surface area (Å²) in [6, 6.07) is 15.2. The molecule has 446 valence electrons. The lowest BCUT2D eigenvalue weighted by Gasteiger charge is -2.40. The number of likely N-dealkylation sites (tertiary alicyclic amines) is 1. The third-order valence-corrected chi connectivity index (χ3v) is 14.9. The first-order valence-electron chi connectivity index (χ1n) is 28.0. The lowest BCUT2D eigenvalue weighted by molar-refractivity contribution is -0.146. The second kappa shape index (κ2) is 29.8. The fourth-order valence-corrected chi connectivity index (χ4v) is 10.4. The van der Waals surface area contributed by atoms with Crippen LogP contribution in [0.5, 0.6) is 0 Å². The minimum absolute atomic E-state index is 0.0268. The number of aliphatic hydroxyl groups excluding tert-OH is 2. The van der Waals surface area contributed by atoms with Crippen LogP contribution in [0.1, 0.15) is 95.1 Å². The summed E-state index contributed by atoms with van der Waals surface area (Å²) in [4.78, 5) is 112. The Morgan fingerprint density at radius 1 is 0.867 bits per heavy atom. The zero-order valence-electron chi connectivity index (χ0n) is 46.8. The molecular weight excluding hydrogens is 1080 g/mol. The van der Waals surface area contributed by atoms with Gasteiger partial charge >= 0.3 is 12.1 Å². The number of nitrogens with two attached hydrogens (primary N) is 1. The number of carbonyl (C=O) groups is 8. The molecule has 9 amide bonds. The Balaban J connectivity index is 0.976. The van der Waals surface area contributed by atoms with Crippen LogP contribution < -0.4 is 27.0 Å². The summed E-state index contributed by atoms with van der Waals surface area (Å²) >= 11 is 0. The zero-order chi connectivity index (χ0) is 59.7. The van der Waals surface area contributed by atoms with Crippen molar-refractivity contribution in [2.75, 3.05) is 51.3 Å². The Kier molecular flexibility index (Phi) is 22.4. The summed E-state index contributed by atoms with van der Waals surface area (Å²) in [7, 11) is 0. The molecule has 2 fully saturated rings. The van der Waals surface area contributed by atoms with Crippen molar-refractivity contribution in [1.82, 2.24) is 40.2 Å². The molecule has 83 heavy (non-hydrogen) atoms. The van der Waals surface area contributed by atoms with Gasteiger partial charge in [-0.1, -0.05) is 62.7 Å². The van der Waals surface area contributed by atoms with Gasteiger partial charge < -0.3 is 61.1 Å². The van der Waals surface area contributed by atoms with Gasteiger partial charge in [0.15, 0.2) is 0 Å². The molecule has 3 aliphatic rings. The van der Waals surface area contributed by atoms with Gasteiger partial charge in [-0.2, -0.15) is 0 Å². The molecule has 0 spiro atoms. The number of ether oxygens (including phenoxy) is 2. The van der Waals surface area contributed by atoms with Crippen LogP contribution in [0.15, 0.2) is 91.1 Å². The fourth-order valence-electron chi connectivity index (χ4n) is 10.4. The van der Waals surface area contributed by atoms with E-state index in [0.717, 1.165) is 28.7 Å². The van der Waals surface area contributed by atoms with Crippen LogP contribution in [0.25, 0.3) is 11.3 Å². The number of imide groups is 1. The highest BCUT2D eigenvalue weighted by Gasteiger charge is 2.43. The molecule has 3 aliphatic heterocycles. The molecule has 0 saturated carbocycles. The number of imidazole rings is 1. The van der Waals surface area contributed by atoms with Gasteiger partial charge in [-0.3, -0.25) is 33.7 Å². The number of hydrogen-bond donors (Lipinski definition) is 7. The molecule has 3 aromatic carbocycles. The first kappa shape index (κ1) is 62.5. The van der Waals surface area contributed by atoms with Crippen LogP contribution in [-0.4, -0.2) is 152 Å². The number of amides is 9. The predicted octanol–water partition coefficient (Wildman–Crippen LogP) is 4.68. The Morgan fingerprint density at radius 3 is 2.25 bits per heavy atom. The summed E-state index contributed by atoms with van der Waals surface area (Å²) in [5.74, 6) is -5.37. The van der Waals surface area contributed by atoms with Gasteiger partial charge in [-0.25, -0.2) is 23.4 Å². The van der Waals surface area contributed by atoms with Gasteiger partial charge in [-0.05, 0) is 98.7 Å². The number of aromatic nitrogens is 2. The number of urea groups is 1. The van der Waals surface area contributed by atoms with Crippen LogP contribution in [-0.2, 0) is 51.4 Å². The molecule has 22 nitrogen and oxygen atoms in total. The van der Waals surface area contributed by atoms with Gasteiger partial charge in [0, 0.05) is 87.9 Å². The molecule has 0 radical (unpaired) electrons. The summed E-state index contributed by atoms with van der Waals surface area (Å²) in [6.45, 7) is 5.69. The first-order chi connectivity index (χ1) is 39.8. The number of aliphatic hydroxyl groups is 2. The van der Waals surface area contributed by atoms with Crippen LogP contribution in [0, 0.1) is 29.4 Å². The molecule has 4 heterocycles. The van der Waals surface area contributed by atoms with Crippen molar-refractivity contribution >= 4 is 53.3 Å². The van der Waals surface area contributed by atoms with E-state index in [-0.39, 0.29) is 100 Å². The minimum Gasteiger partial charge on any atom is -0.445 e. The average molecular weight is 1150 g/mol. The number of halogens is 2. The predicted molar refractivity (Wildman–Crippen MR) is 299 cm³/mol. The lowest BCUT2D eigenvalue weighted by Crippen LogP contribution is -2.54. The van der Waals surface area contributed by atoms with Gasteiger partial charge in [0.1, 0.15) is 42.3 Å². The first-order valence-corrected chi connectivity index (χ1v) is 28.0. The van der Waals surface area contributed by atoms with Crippen LogP contribution >= 0.6 is 0 Å². The maximum atomic E-state index is 15.4. The number of rotatable bonds is 27. The monoisotopic (exact) mass is 1150 g/mol. The average Bonchev–Trinajstić information content (AvgIpc) is 4.39. The largest absolute Gasteiger partial charge is 0.445 e. The number of hydrogen-bond acceptors (Lipinski definition) is 13. The van der Waals surface area contributed by atoms with Gasteiger partial charge in [0.25, 0.3) is 17.7 Å². The van der Waals surface area contributed by atoms with E-state index in [1.807, 2.05) is 30.3 Å². The van der Waals surface area contributed by atoms with Crippen LogP contribution in [0.4, 0.5) is 24.1 Å². The molecular formula is C59H74F2N10O12. The number of nitrogens with one attached hydrogen (secondary N) is 4. The lowest BCUT2D eigenvalue weighted by atomic mass is 9.88. The van der Waals surface area contributed by atoms with Crippen molar-refractivity contribution in [2.45, 2.75) is 116 Å². The molecule has 2 saturated heterocycles. The topological polar surface area (TPSA) is 297 Å². The molecule has 1 aromatic heterocycles. The van der Waals surface area contributed by atoms with Crippen molar-refractivity contribution in [1.29, 1.82) is 0 Å². The van der Waals surface area contributed by atoms with E-state index in [9.17, 15) is 53.0 Å². The van der Waals surface area contributed by atoms with E-state index in [0.29, 0.717) is 62.4 Å². The van der Waals surface area contributed by atoms with Crippen molar-refractivity contribution in [3.05, 3.63) is 120 Å². The number of β-amino-alcohol motifs (C(OH)–C–C–N with tert-alkyl or cyclic N) is 1. The number of primary amides is 1. The highest BCUT2D eigenvalue weighted by molar-refractivity contribution is 6.12. The summed E-state index contributed by atoms with van der Waals surface area (Å²) in [5, 5.41) is 33.2. The number of unbranched alkanes of at least 4 members (excludes halogenated alkanes) is 2. The Labute approximate surface area is 480 Å². The molecule has 6 atom stereocenters.